The first-order valence-electron chi connectivity index (χ1n) is 8.87. The topological polar surface area (TPSA) is 83.7 Å². The van der Waals surface area contributed by atoms with Crippen molar-refractivity contribution in [2.75, 3.05) is 12.4 Å². The third-order valence-electron chi connectivity index (χ3n) is 4.52. The van der Waals surface area contributed by atoms with Gasteiger partial charge in [0.15, 0.2) is 5.82 Å². The second-order valence-electron chi connectivity index (χ2n) is 6.33. The SMILES string of the molecule is COc1ccc(CNc2nnc(-c3cccnc3)c3ccc(C#N)cc23)cc1Cl.Cl.Cl. The van der Waals surface area contributed by atoms with Gasteiger partial charge in [0.2, 0.25) is 0 Å². The number of hydrogen-bond acceptors (Lipinski definition) is 6. The van der Waals surface area contributed by atoms with Crippen LogP contribution < -0.4 is 10.1 Å². The molecule has 0 aliphatic rings. The average Bonchev–Trinajstić information content (AvgIpc) is 2.77. The van der Waals surface area contributed by atoms with E-state index in [9.17, 15) is 5.26 Å². The molecule has 0 saturated heterocycles. The van der Waals surface area contributed by atoms with Crippen LogP contribution in [0.15, 0.2) is 60.9 Å². The smallest absolute Gasteiger partial charge is 0.156 e. The van der Waals surface area contributed by atoms with Crippen LogP contribution >= 0.6 is 36.4 Å². The third kappa shape index (κ3) is 5.15. The lowest BCUT2D eigenvalue weighted by atomic mass is 10.0. The number of pyridine rings is 1. The van der Waals surface area contributed by atoms with Gasteiger partial charge in [0.1, 0.15) is 11.4 Å². The summed E-state index contributed by atoms with van der Waals surface area (Å²) in [5.41, 5.74) is 3.11. The van der Waals surface area contributed by atoms with Crippen molar-refractivity contribution in [3.05, 3.63) is 77.1 Å². The van der Waals surface area contributed by atoms with Crippen LogP contribution in [0.25, 0.3) is 22.0 Å². The van der Waals surface area contributed by atoms with Gasteiger partial charge in [-0.15, -0.1) is 35.0 Å². The number of hydrogen-bond donors (Lipinski definition) is 1. The number of nitrogens with zero attached hydrogens (tertiary/aromatic N) is 4. The van der Waals surface area contributed by atoms with Crippen molar-refractivity contribution in [1.82, 2.24) is 15.2 Å². The molecule has 0 aliphatic carbocycles. The summed E-state index contributed by atoms with van der Waals surface area (Å²) in [5, 5.41) is 23.7. The predicted octanol–water partition coefficient (Wildman–Crippen LogP) is 5.68. The van der Waals surface area contributed by atoms with Gasteiger partial charge in [0.05, 0.1) is 23.8 Å². The van der Waals surface area contributed by atoms with E-state index in [1.54, 1.807) is 25.6 Å². The maximum Gasteiger partial charge on any atom is 0.156 e. The van der Waals surface area contributed by atoms with E-state index >= 15 is 0 Å². The van der Waals surface area contributed by atoms with Crippen molar-refractivity contribution >= 4 is 53.0 Å². The molecule has 0 atom stereocenters. The van der Waals surface area contributed by atoms with E-state index in [4.69, 9.17) is 16.3 Å². The van der Waals surface area contributed by atoms with Crippen LogP contribution in [0.2, 0.25) is 5.02 Å². The van der Waals surface area contributed by atoms with E-state index in [2.05, 4.69) is 26.6 Å². The van der Waals surface area contributed by atoms with Crippen molar-refractivity contribution < 1.29 is 4.74 Å². The van der Waals surface area contributed by atoms with Crippen molar-refractivity contribution in [2.45, 2.75) is 6.54 Å². The highest BCUT2D eigenvalue weighted by molar-refractivity contribution is 6.32. The standard InChI is InChI=1S/C22H16ClN5O.2ClH/c1-29-20-7-5-15(10-19(20)23)12-26-22-18-9-14(11-24)4-6-17(18)21(27-28-22)16-3-2-8-25-13-16;;/h2-10,13H,12H2,1H3,(H,26,28);2*1H. The summed E-state index contributed by atoms with van der Waals surface area (Å²) in [6, 6.07) is 17.0. The Morgan fingerprint density at radius 3 is 2.58 bits per heavy atom. The molecule has 4 rings (SSSR count). The van der Waals surface area contributed by atoms with Gasteiger partial charge < -0.3 is 10.1 Å². The Bertz CT molecular complexity index is 1230. The van der Waals surface area contributed by atoms with Crippen LogP contribution in [0.4, 0.5) is 5.82 Å². The van der Waals surface area contributed by atoms with Gasteiger partial charge in [-0.1, -0.05) is 23.7 Å². The highest BCUT2D eigenvalue weighted by Gasteiger charge is 2.12. The van der Waals surface area contributed by atoms with Crippen LogP contribution in [0.5, 0.6) is 5.75 Å². The van der Waals surface area contributed by atoms with Crippen LogP contribution in [-0.4, -0.2) is 22.3 Å². The van der Waals surface area contributed by atoms with Crippen LogP contribution in [0.3, 0.4) is 0 Å². The van der Waals surface area contributed by atoms with Crippen molar-refractivity contribution in [3.63, 3.8) is 0 Å². The van der Waals surface area contributed by atoms with E-state index in [1.807, 2.05) is 42.5 Å². The van der Waals surface area contributed by atoms with E-state index in [0.717, 1.165) is 27.6 Å². The number of methoxy groups -OCH3 is 1. The largest absolute Gasteiger partial charge is 0.495 e. The van der Waals surface area contributed by atoms with Gasteiger partial charge in [-0.2, -0.15) is 5.26 Å². The molecule has 0 bridgehead atoms. The first kappa shape index (κ1) is 24.2. The number of halogens is 3. The minimum Gasteiger partial charge on any atom is -0.495 e. The number of rotatable bonds is 5. The number of nitrogens with one attached hydrogen (secondary N) is 1. The summed E-state index contributed by atoms with van der Waals surface area (Å²) < 4.78 is 5.19. The van der Waals surface area contributed by atoms with Gasteiger partial charge in [0, 0.05) is 35.3 Å². The van der Waals surface area contributed by atoms with Crippen LogP contribution in [-0.2, 0) is 6.54 Å². The second-order valence-corrected chi connectivity index (χ2v) is 6.74. The number of fused-ring (bicyclic) bond motifs is 1. The number of nitriles is 1. The van der Waals surface area contributed by atoms with Crippen molar-refractivity contribution in [3.8, 4) is 23.1 Å². The zero-order valence-corrected chi connectivity index (χ0v) is 18.8. The maximum absolute atomic E-state index is 9.32. The second kappa shape index (κ2) is 10.8. The first-order valence-corrected chi connectivity index (χ1v) is 9.24. The molecule has 6 nitrogen and oxygen atoms in total. The van der Waals surface area contributed by atoms with E-state index in [1.165, 1.54) is 0 Å². The molecule has 0 saturated carbocycles. The first-order chi connectivity index (χ1) is 14.2. The van der Waals surface area contributed by atoms with E-state index in [-0.39, 0.29) is 24.8 Å². The minimum absolute atomic E-state index is 0. The van der Waals surface area contributed by atoms with Crippen LogP contribution in [0.1, 0.15) is 11.1 Å². The van der Waals surface area contributed by atoms with Crippen molar-refractivity contribution in [2.24, 2.45) is 0 Å². The number of benzene rings is 2. The summed E-state index contributed by atoms with van der Waals surface area (Å²) >= 11 is 6.21. The summed E-state index contributed by atoms with van der Waals surface area (Å²) in [4.78, 5) is 4.16. The molecule has 1 N–H and O–H groups in total. The highest BCUT2D eigenvalue weighted by Crippen LogP contribution is 2.31. The molecule has 0 radical (unpaired) electrons. The molecule has 4 aromatic rings. The molecule has 0 fully saturated rings. The third-order valence-corrected chi connectivity index (χ3v) is 4.82. The monoisotopic (exact) mass is 473 g/mol. The van der Waals surface area contributed by atoms with Gasteiger partial charge in [-0.05, 0) is 42.0 Å². The summed E-state index contributed by atoms with van der Waals surface area (Å²) in [6.45, 7) is 0.497. The molecule has 9 heteroatoms. The fraction of sp³-hybridized carbons (Fsp3) is 0.0909. The molecular formula is C22H18Cl3N5O. The Balaban J connectivity index is 0.00000171. The summed E-state index contributed by atoms with van der Waals surface area (Å²) in [7, 11) is 1.58. The zero-order chi connectivity index (χ0) is 20.2. The van der Waals surface area contributed by atoms with Gasteiger partial charge in [0.25, 0.3) is 0 Å². The lowest BCUT2D eigenvalue weighted by molar-refractivity contribution is 0.415. The van der Waals surface area contributed by atoms with E-state index < -0.39 is 0 Å². The van der Waals surface area contributed by atoms with Crippen LogP contribution in [0, 0.1) is 11.3 Å². The molecule has 158 valence electrons. The van der Waals surface area contributed by atoms with Gasteiger partial charge >= 0.3 is 0 Å². The normalized spacial score (nSPS) is 9.84. The highest BCUT2D eigenvalue weighted by atomic mass is 35.5. The lowest BCUT2D eigenvalue weighted by Gasteiger charge is -2.12. The Hall–Kier alpha value is -3.11. The molecule has 0 spiro atoms. The summed E-state index contributed by atoms with van der Waals surface area (Å²) in [5.74, 6) is 1.22. The molecule has 0 aliphatic heterocycles. The zero-order valence-electron chi connectivity index (χ0n) is 16.4. The molecular weight excluding hydrogens is 457 g/mol. The fourth-order valence-electron chi connectivity index (χ4n) is 3.08. The van der Waals surface area contributed by atoms with Gasteiger partial charge in [-0.25, -0.2) is 0 Å². The molecule has 0 unspecified atom stereocenters. The minimum atomic E-state index is 0. The van der Waals surface area contributed by atoms with Crippen molar-refractivity contribution in [1.29, 1.82) is 5.26 Å². The number of aromatic nitrogens is 3. The lowest BCUT2D eigenvalue weighted by Crippen LogP contribution is -2.04. The average molecular weight is 475 g/mol. The molecule has 0 amide bonds. The number of anilines is 1. The molecule has 31 heavy (non-hydrogen) atoms. The predicted molar refractivity (Wildman–Crippen MR) is 127 cm³/mol. The molecule has 2 heterocycles. The van der Waals surface area contributed by atoms with Gasteiger partial charge in [-0.3, -0.25) is 4.98 Å². The Kier molecular flexibility index (Phi) is 8.40. The fourth-order valence-corrected chi connectivity index (χ4v) is 3.36. The quantitative estimate of drug-likeness (QED) is 0.400. The Labute approximate surface area is 197 Å². The maximum atomic E-state index is 9.32. The number of ether oxygens (including phenoxy) is 1. The van der Waals surface area contributed by atoms with E-state index in [0.29, 0.717) is 28.7 Å². The summed E-state index contributed by atoms with van der Waals surface area (Å²) in [6.07, 6.45) is 3.46. The molecule has 2 aromatic heterocycles. The Morgan fingerprint density at radius 2 is 1.90 bits per heavy atom. The molecule has 2 aromatic carbocycles. The Morgan fingerprint density at radius 1 is 1.06 bits per heavy atom.